The molecule has 3 nitrogen and oxygen atoms in total. The highest BCUT2D eigenvalue weighted by atomic mass is 15.1. The van der Waals surface area contributed by atoms with E-state index in [9.17, 15) is 0 Å². The molecule has 0 aliphatic heterocycles. The fourth-order valence-corrected chi connectivity index (χ4v) is 2.53. The Labute approximate surface area is 109 Å². The summed E-state index contributed by atoms with van der Waals surface area (Å²) in [7, 11) is 4.21. The van der Waals surface area contributed by atoms with Gasteiger partial charge in [-0.2, -0.15) is 0 Å². The van der Waals surface area contributed by atoms with E-state index in [1.54, 1.807) is 0 Å². The maximum Gasteiger partial charge on any atom is 0.0485 e. The molecule has 1 aromatic carbocycles. The van der Waals surface area contributed by atoms with Gasteiger partial charge >= 0.3 is 0 Å². The van der Waals surface area contributed by atoms with E-state index in [1.165, 1.54) is 22.2 Å². The molecule has 0 fully saturated rings. The van der Waals surface area contributed by atoms with Crippen molar-refractivity contribution in [3.63, 3.8) is 0 Å². The Morgan fingerprint density at radius 3 is 2.50 bits per heavy atom. The fourth-order valence-electron chi connectivity index (χ4n) is 2.53. The maximum atomic E-state index is 5.71. The lowest BCUT2D eigenvalue weighted by Crippen LogP contribution is -2.15. The van der Waals surface area contributed by atoms with Gasteiger partial charge in [0.25, 0.3) is 0 Å². The molecule has 2 rings (SSSR count). The van der Waals surface area contributed by atoms with E-state index in [-0.39, 0.29) is 0 Å². The lowest BCUT2D eigenvalue weighted by Gasteiger charge is -2.17. The third-order valence-electron chi connectivity index (χ3n) is 3.21. The largest absolute Gasteiger partial charge is 0.341 e. The van der Waals surface area contributed by atoms with Gasteiger partial charge in [0.2, 0.25) is 0 Å². The van der Waals surface area contributed by atoms with Gasteiger partial charge in [0.1, 0.15) is 0 Å². The normalized spacial score (nSPS) is 11.9. The van der Waals surface area contributed by atoms with Crippen LogP contribution in [0.2, 0.25) is 0 Å². The zero-order chi connectivity index (χ0) is 13.3. The number of aromatic nitrogens is 1. The summed E-state index contributed by atoms with van der Waals surface area (Å²) in [5.41, 5.74) is 9.57. The second-order valence-corrected chi connectivity index (χ2v) is 5.43. The second-order valence-electron chi connectivity index (χ2n) is 5.43. The average molecular weight is 245 g/mol. The molecule has 0 radical (unpaired) electrons. The van der Waals surface area contributed by atoms with Crippen LogP contribution in [0.5, 0.6) is 0 Å². The van der Waals surface area contributed by atoms with Crippen molar-refractivity contribution in [1.29, 1.82) is 0 Å². The number of rotatable bonds is 4. The van der Waals surface area contributed by atoms with Crippen LogP contribution in [-0.4, -0.2) is 23.6 Å². The standard InChI is InChI=1S/C15H23N3/c1-11(2)18-14(10-17(3)4)8-13-7-12(9-16)5-6-15(13)18/h5-8,11H,9-10,16H2,1-4H3. The maximum absolute atomic E-state index is 5.71. The van der Waals surface area contributed by atoms with E-state index in [0.29, 0.717) is 12.6 Å². The van der Waals surface area contributed by atoms with Gasteiger partial charge in [0.15, 0.2) is 0 Å². The molecule has 98 valence electrons. The predicted molar refractivity (Wildman–Crippen MR) is 77.6 cm³/mol. The van der Waals surface area contributed by atoms with E-state index in [1.807, 2.05) is 0 Å². The van der Waals surface area contributed by atoms with Crippen LogP contribution in [0.4, 0.5) is 0 Å². The zero-order valence-corrected chi connectivity index (χ0v) is 11.8. The van der Waals surface area contributed by atoms with Gasteiger partial charge in [-0.15, -0.1) is 0 Å². The third-order valence-corrected chi connectivity index (χ3v) is 3.21. The highest BCUT2D eigenvalue weighted by Gasteiger charge is 2.12. The molecule has 0 atom stereocenters. The summed E-state index contributed by atoms with van der Waals surface area (Å²) in [5, 5.41) is 1.29. The number of fused-ring (bicyclic) bond motifs is 1. The summed E-state index contributed by atoms with van der Waals surface area (Å²) in [6.07, 6.45) is 0. The first-order valence-electron chi connectivity index (χ1n) is 6.50. The molecule has 0 saturated heterocycles. The van der Waals surface area contributed by atoms with Crippen molar-refractivity contribution in [2.45, 2.75) is 33.0 Å². The molecule has 0 saturated carbocycles. The third kappa shape index (κ3) is 2.42. The topological polar surface area (TPSA) is 34.2 Å². The SMILES string of the molecule is CC(C)n1c(CN(C)C)cc2cc(CN)ccc21. The molecular formula is C15H23N3. The molecule has 2 N–H and O–H groups in total. The molecule has 1 aromatic heterocycles. The van der Waals surface area contributed by atoms with E-state index in [4.69, 9.17) is 5.73 Å². The van der Waals surface area contributed by atoms with Crippen molar-refractivity contribution >= 4 is 10.9 Å². The van der Waals surface area contributed by atoms with E-state index in [2.05, 4.69) is 61.7 Å². The van der Waals surface area contributed by atoms with Crippen molar-refractivity contribution < 1.29 is 0 Å². The number of nitrogens with zero attached hydrogens (tertiary/aromatic N) is 2. The van der Waals surface area contributed by atoms with Crippen LogP contribution in [0.3, 0.4) is 0 Å². The molecule has 0 spiro atoms. The van der Waals surface area contributed by atoms with Gasteiger partial charge < -0.3 is 15.2 Å². The number of nitrogens with two attached hydrogens (primary N) is 1. The minimum Gasteiger partial charge on any atom is -0.341 e. The average Bonchev–Trinajstić information content (AvgIpc) is 2.64. The van der Waals surface area contributed by atoms with Crippen LogP contribution in [0.25, 0.3) is 10.9 Å². The van der Waals surface area contributed by atoms with Gasteiger partial charge in [-0.3, -0.25) is 0 Å². The van der Waals surface area contributed by atoms with E-state index >= 15 is 0 Å². The Hall–Kier alpha value is -1.32. The molecule has 0 unspecified atom stereocenters. The smallest absolute Gasteiger partial charge is 0.0485 e. The van der Waals surface area contributed by atoms with Crippen LogP contribution >= 0.6 is 0 Å². The van der Waals surface area contributed by atoms with Gasteiger partial charge in [-0.1, -0.05) is 6.07 Å². The molecule has 1 heterocycles. The summed E-state index contributed by atoms with van der Waals surface area (Å²) in [4.78, 5) is 2.21. The Bertz CT molecular complexity index is 538. The van der Waals surface area contributed by atoms with Crippen LogP contribution < -0.4 is 5.73 Å². The van der Waals surface area contributed by atoms with Crippen molar-refractivity contribution in [3.05, 3.63) is 35.5 Å². The summed E-state index contributed by atoms with van der Waals surface area (Å²) in [5.74, 6) is 0. The monoisotopic (exact) mass is 245 g/mol. The molecule has 3 heteroatoms. The van der Waals surface area contributed by atoms with Crippen LogP contribution in [-0.2, 0) is 13.1 Å². The van der Waals surface area contributed by atoms with Gasteiger partial charge in [-0.05, 0) is 51.7 Å². The van der Waals surface area contributed by atoms with Crippen molar-refractivity contribution in [3.8, 4) is 0 Å². The molecule has 0 amide bonds. The minimum atomic E-state index is 0.473. The first kappa shape index (κ1) is 13.1. The van der Waals surface area contributed by atoms with Crippen LogP contribution in [0.15, 0.2) is 24.3 Å². The van der Waals surface area contributed by atoms with E-state index in [0.717, 1.165) is 6.54 Å². The van der Waals surface area contributed by atoms with Gasteiger partial charge in [0, 0.05) is 35.7 Å². The first-order chi connectivity index (χ1) is 8.52. The molecular weight excluding hydrogens is 222 g/mol. The highest BCUT2D eigenvalue weighted by molar-refractivity contribution is 5.82. The first-order valence-corrected chi connectivity index (χ1v) is 6.50. The fraction of sp³-hybridized carbons (Fsp3) is 0.467. The predicted octanol–water partition coefficient (Wildman–Crippen LogP) is 2.74. The van der Waals surface area contributed by atoms with E-state index < -0.39 is 0 Å². The Morgan fingerprint density at radius 1 is 1.22 bits per heavy atom. The Morgan fingerprint density at radius 2 is 1.94 bits per heavy atom. The highest BCUT2D eigenvalue weighted by Crippen LogP contribution is 2.25. The molecule has 0 aliphatic rings. The Balaban J connectivity index is 2.58. The molecule has 18 heavy (non-hydrogen) atoms. The Kier molecular flexibility index (Phi) is 3.73. The van der Waals surface area contributed by atoms with Gasteiger partial charge in [-0.25, -0.2) is 0 Å². The van der Waals surface area contributed by atoms with Crippen molar-refractivity contribution in [2.75, 3.05) is 14.1 Å². The summed E-state index contributed by atoms with van der Waals surface area (Å²) >= 11 is 0. The quantitative estimate of drug-likeness (QED) is 0.898. The molecule has 2 aromatic rings. The van der Waals surface area contributed by atoms with Crippen LogP contribution in [0.1, 0.15) is 31.1 Å². The second kappa shape index (κ2) is 5.12. The molecule has 0 aliphatic carbocycles. The van der Waals surface area contributed by atoms with Crippen molar-refractivity contribution in [1.82, 2.24) is 9.47 Å². The lowest BCUT2D eigenvalue weighted by atomic mass is 10.1. The summed E-state index contributed by atoms with van der Waals surface area (Å²) in [6.45, 7) is 6.03. The lowest BCUT2D eigenvalue weighted by molar-refractivity contribution is 0.384. The zero-order valence-electron chi connectivity index (χ0n) is 11.8. The van der Waals surface area contributed by atoms with Gasteiger partial charge in [0.05, 0.1) is 0 Å². The minimum absolute atomic E-state index is 0.473. The summed E-state index contributed by atoms with van der Waals surface area (Å²) < 4.78 is 2.41. The van der Waals surface area contributed by atoms with Crippen LogP contribution in [0, 0.1) is 0 Å². The summed E-state index contributed by atoms with van der Waals surface area (Å²) in [6, 6.07) is 9.28. The van der Waals surface area contributed by atoms with Crippen molar-refractivity contribution in [2.24, 2.45) is 5.73 Å². The molecule has 0 bridgehead atoms. The number of hydrogen-bond donors (Lipinski definition) is 1. The number of benzene rings is 1. The number of hydrogen-bond acceptors (Lipinski definition) is 2.